The zero-order valence-corrected chi connectivity index (χ0v) is 12.9. The Bertz CT molecular complexity index is 376. The van der Waals surface area contributed by atoms with Crippen molar-refractivity contribution < 1.29 is 13.2 Å². The molecule has 0 aromatic rings. The van der Waals surface area contributed by atoms with Gasteiger partial charge >= 0.3 is 0 Å². The predicted molar refractivity (Wildman–Crippen MR) is 77.0 cm³/mol. The maximum atomic E-state index is 11.8. The van der Waals surface area contributed by atoms with E-state index in [0.29, 0.717) is 12.0 Å². The summed E-state index contributed by atoms with van der Waals surface area (Å²) in [4.78, 5) is 0. The number of rotatable bonds is 4. The van der Waals surface area contributed by atoms with E-state index in [-0.39, 0.29) is 11.4 Å². The number of ether oxygens (including phenoxy) is 1. The van der Waals surface area contributed by atoms with Gasteiger partial charge in [-0.05, 0) is 51.5 Å². The average Bonchev–Trinajstić information content (AvgIpc) is 2.40. The fraction of sp³-hybridized carbons (Fsp3) is 1.00. The second-order valence-corrected chi connectivity index (χ2v) is 8.42. The molecule has 1 saturated carbocycles. The van der Waals surface area contributed by atoms with Crippen LogP contribution in [0.3, 0.4) is 0 Å². The van der Waals surface area contributed by atoms with Crippen molar-refractivity contribution >= 4 is 9.84 Å². The Balaban J connectivity index is 2.01. The Kier molecular flexibility index (Phi) is 5.26. The molecule has 1 saturated heterocycles. The quantitative estimate of drug-likeness (QED) is 0.856. The van der Waals surface area contributed by atoms with Crippen molar-refractivity contribution in [3.8, 4) is 0 Å². The summed E-state index contributed by atoms with van der Waals surface area (Å²) in [7, 11) is -0.921. The fourth-order valence-electron chi connectivity index (χ4n) is 3.67. The molecular formula is C14H27NO3S. The number of nitrogens with one attached hydrogen (secondary N) is 1. The first kappa shape index (κ1) is 15.3. The number of sulfone groups is 1. The molecule has 4 nitrogen and oxygen atoms in total. The summed E-state index contributed by atoms with van der Waals surface area (Å²) in [5.41, 5.74) is 0. The molecule has 1 aliphatic carbocycles. The van der Waals surface area contributed by atoms with E-state index < -0.39 is 9.84 Å². The lowest BCUT2D eigenvalue weighted by Gasteiger charge is -2.39. The lowest BCUT2D eigenvalue weighted by molar-refractivity contribution is -0.0232. The van der Waals surface area contributed by atoms with E-state index >= 15 is 0 Å². The third-order valence-electron chi connectivity index (χ3n) is 4.73. The number of hydrogen-bond donors (Lipinski definition) is 1. The Morgan fingerprint density at radius 2 is 1.95 bits per heavy atom. The van der Waals surface area contributed by atoms with Gasteiger partial charge in [0, 0.05) is 18.9 Å². The van der Waals surface area contributed by atoms with E-state index in [9.17, 15) is 8.42 Å². The van der Waals surface area contributed by atoms with Crippen LogP contribution in [0.4, 0.5) is 0 Å². The molecule has 2 rings (SSSR count). The monoisotopic (exact) mass is 289 g/mol. The summed E-state index contributed by atoms with van der Waals surface area (Å²) in [5.74, 6) is 0.432. The van der Waals surface area contributed by atoms with Crippen LogP contribution in [-0.2, 0) is 14.6 Å². The summed E-state index contributed by atoms with van der Waals surface area (Å²) in [5, 5.41) is 3.25. The molecule has 1 N–H and O–H groups in total. The van der Waals surface area contributed by atoms with Crippen LogP contribution in [0.5, 0.6) is 0 Å². The summed E-state index contributed by atoms with van der Waals surface area (Å²) >= 11 is 0. The molecule has 1 aliphatic heterocycles. The van der Waals surface area contributed by atoms with E-state index in [1.807, 2.05) is 7.05 Å². The first-order valence-corrected chi connectivity index (χ1v) is 9.45. The van der Waals surface area contributed by atoms with Crippen LogP contribution in [-0.4, -0.2) is 45.7 Å². The molecule has 4 atom stereocenters. The van der Waals surface area contributed by atoms with Crippen molar-refractivity contribution in [2.24, 2.45) is 5.92 Å². The summed E-state index contributed by atoms with van der Waals surface area (Å²) in [6.45, 7) is 0.852. The second kappa shape index (κ2) is 6.55. The topological polar surface area (TPSA) is 55.4 Å². The van der Waals surface area contributed by atoms with Gasteiger partial charge < -0.3 is 10.1 Å². The van der Waals surface area contributed by atoms with Crippen molar-refractivity contribution in [2.45, 2.75) is 62.3 Å². The van der Waals surface area contributed by atoms with Gasteiger partial charge in [0.25, 0.3) is 0 Å². The molecule has 4 unspecified atom stereocenters. The van der Waals surface area contributed by atoms with Crippen molar-refractivity contribution in [2.75, 3.05) is 19.9 Å². The third kappa shape index (κ3) is 3.92. The molecule has 0 bridgehead atoms. The van der Waals surface area contributed by atoms with Crippen LogP contribution in [0, 0.1) is 5.92 Å². The van der Waals surface area contributed by atoms with E-state index in [1.165, 1.54) is 12.7 Å². The van der Waals surface area contributed by atoms with Crippen molar-refractivity contribution in [1.82, 2.24) is 5.32 Å². The SMILES string of the molecule is CNC(C1CCCC(S(C)(=O)=O)C1)C1CCCCO1. The van der Waals surface area contributed by atoms with Gasteiger partial charge in [-0.25, -0.2) is 8.42 Å². The Hall–Kier alpha value is -0.130. The number of likely N-dealkylation sites (N-methyl/N-ethyl adjacent to an activating group) is 1. The first-order chi connectivity index (χ1) is 9.02. The molecule has 0 amide bonds. The van der Waals surface area contributed by atoms with Crippen LogP contribution >= 0.6 is 0 Å². The maximum absolute atomic E-state index is 11.8. The van der Waals surface area contributed by atoms with Crippen molar-refractivity contribution in [1.29, 1.82) is 0 Å². The smallest absolute Gasteiger partial charge is 0.150 e. The van der Waals surface area contributed by atoms with Gasteiger partial charge in [-0.2, -0.15) is 0 Å². The van der Waals surface area contributed by atoms with Gasteiger partial charge in [0.05, 0.1) is 11.4 Å². The van der Waals surface area contributed by atoms with Gasteiger partial charge in [-0.3, -0.25) is 0 Å². The van der Waals surface area contributed by atoms with Crippen LogP contribution < -0.4 is 5.32 Å². The van der Waals surface area contributed by atoms with E-state index in [1.54, 1.807) is 0 Å². The Morgan fingerprint density at radius 1 is 1.16 bits per heavy atom. The average molecular weight is 289 g/mol. The summed E-state index contributed by atoms with van der Waals surface area (Å²) in [6.07, 6.45) is 8.90. The van der Waals surface area contributed by atoms with Crippen LogP contribution in [0.2, 0.25) is 0 Å². The van der Waals surface area contributed by atoms with Gasteiger partial charge in [0.1, 0.15) is 9.84 Å². The van der Waals surface area contributed by atoms with Gasteiger partial charge in [0.2, 0.25) is 0 Å². The molecular weight excluding hydrogens is 262 g/mol. The molecule has 19 heavy (non-hydrogen) atoms. The molecule has 0 radical (unpaired) electrons. The highest BCUT2D eigenvalue weighted by Crippen LogP contribution is 2.33. The molecule has 0 spiro atoms. The second-order valence-electron chi connectivity index (χ2n) is 6.10. The molecule has 112 valence electrons. The lowest BCUT2D eigenvalue weighted by atomic mass is 9.80. The largest absolute Gasteiger partial charge is 0.377 e. The van der Waals surface area contributed by atoms with Gasteiger partial charge in [-0.15, -0.1) is 0 Å². The minimum Gasteiger partial charge on any atom is -0.377 e. The zero-order valence-electron chi connectivity index (χ0n) is 12.1. The molecule has 5 heteroatoms. The van der Waals surface area contributed by atoms with Gasteiger partial charge in [-0.1, -0.05) is 6.42 Å². The van der Waals surface area contributed by atoms with E-state index in [2.05, 4.69) is 5.32 Å². The first-order valence-electron chi connectivity index (χ1n) is 7.50. The minimum atomic E-state index is -2.90. The van der Waals surface area contributed by atoms with Crippen molar-refractivity contribution in [3.05, 3.63) is 0 Å². The minimum absolute atomic E-state index is 0.148. The van der Waals surface area contributed by atoms with Gasteiger partial charge in [0.15, 0.2) is 0 Å². The maximum Gasteiger partial charge on any atom is 0.150 e. The highest BCUT2D eigenvalue weighted by molar-refractivity contribution is 7.91. The highest BCUT2D eigenvalue weighted by atomic mass is 32.2. The third-order valence-corrected chi connectivity index (χ3v) is 6.37. The van der Waals surface area contributed by atoms with Crippen molar-refractivity contribution in [3.63, 3.8) is 0 Å². The predicted octanol–water partition coefficient (Wildman–Crippen LogP) is 1.75. The molecule has 2 aliphatic rings. The van der Waals surface area contributed by atoms with E-state index in [0.717, 1.165) is 45.1 Å². The van der Waals surface area contributed by atoms with Crippen LogP contribution in [0.25, 0.3) is 0 Å². The summed E-state index contributed by atoms with van der Waals surface area (Å²) < 4.78 is 29.4. The zero-order chi connectivity index (χ0) is 13.9. The Morgan fingerprint density at radius 3 is 2.53 bits per heavy atom. The highest BCUT2D eigenvalue weighted by Gasteiger charge is 2.36. The molecule has 0 aromatic carbocycles. The molecule has 1 heterocycles. The standard InChI is InChI=1S/C14H27NO3S/c1-15-14(13-8-3-4-9-18-13)11-6-5-7-12(10-11)19(2,16)17/h11-15H,3-10H2,1-2H3. The molecule has 0 aromatic heterocycles. The Labute approximate surface area is 117 Å². The summed E-state index contributed by atoms with van der Waals surface area (Å²) in [6, 6.07) is 0.310. The normalized spacial score (nSPS) is 34.9. The van der Waals surface area contributed by atoms with E-state index in [4.69, 9.17) is 4.74 Å². The van der Waals surface area contributed by atoms with Crippen LogP contribution in [0.1, 0.15) is 44.9 Å². The molecule has 2 fully saturated rings. The fourth-order valence-corrected chi connectivity index (χ4v) is 4.86. The lowest BCUT2D eigenvalue weighted by Crippen LogP contribution is -2.48. The number of hydrogen-bond acceptors (Lipinski definition) is 4. The van der Waals surface area contributed by atoms with Crippen LogP contribution in [0.15, 0.2) is 0 Å².